The number of nitrogens with zero attached hydrogens (tertiary/aromatic N) is 4. The summed E-state index contributed by atoms with van der Waals surface area (Å²) >= 11 is 17.9. The molecule has 2 heterocycles. The number of nitrogens with one attached hydrogen (secondary N) is 2. The molecule has 28 heavy (non-hydrogen) atoms. The zero-order valence-electron chi connectivity index (χ0n) is 15.9. The summed E-state index contributed by atoms with van der Waals surface area (Å²) in [5.74, 6) is 0.647. The third-order valence-corrected chi connectivity index (χ3v) is 5.45. The first-order chi connectivity index (χ1) is 13.4. The van der Waals surface area contributed by atoms with Gasteiger partial charge in [0.05, 0.1) is 18.8 Å². The Hall–Kier alpha value is -2.09. The molecule has 6 nitrogen and oxygen atoms in total. The maximum Gasteiger partial charge on any atom is 0.172 e. The molecule has 1 atom stereocenters. The Labute approximate surface area is 179 Å². The van der Waals surface area contributed by atoms with Crippen molar-refractivity contribution >= 4 is 46.4 Å². The number of hydrogen-bond donors (Lipinski definition) is 2. The van der Waals surface area contributed by atoms with Crippen LogP contribution in [-0.2, 0) is 13.1 Å². The van der Waals surface area contributed by atoms with Crippen molar-refractivity contribution in [3.05, 3.63) is 63.5 Å². The van der Waals surface area contributed by atoms with Crippen LogP contribution in [0.25, 0.3) is 0 Å². The molecule has 0 spiro atoms. The SMILES string of the molecule is CCn1ncc(C(C)NC(=S)Nc2ccn(Cc3c(Cl)cccc3Cl)n2)c1C. The second kappa shape index (κ2) is 8.94. The van der Waals surface area contributed by atoms with Gasteiger partial charge < -0.3 is 10.6 Å². The maximum atomic E-state index is 6.23. The fourth-order valence-electron chi connectivity index (χ4n) is 2.99. The first-order valence-electron chi connectivity index (χ1n) is 8.95. The Morgan fingerprint density at radius 3 is 2.61 bits per heavy atom. The van der Waals surface area contributed by atoms with Crippen LogP contribution in [0, 0.1) is 6.92 Å². The van der Waals surface area contributed by atoms with E-state index in [-0.39, 0.29) is 6.04 Å². The average molecular weight is 437 g/mol. The lowest BCUT2D eigenvalue weighted by Gasteiger charge is -2.16. The van der Waals surface area contributed by atoms with Crippen molar-refractivity contribution in [3.8, 4) is 0 Å². The summed E-state index contributed by atoms with van der Waals surface area (Å²) in [5, 5.41) is 17.0. The molecule has 3 rings (SSSR count). The molecule has 1 aromatic carbocycles. The Morgan fingerprint density at radius 2 is 1.96 bits per heavy atom. The number of anilines is 1. The first-order valence-corrected chi connectivity index (χ1v) is 10.1. The highest BCUT2D eigenvalue weighted by Crippen LogP contribution is 2.25. The summed E-state index contributed by atoms with van der Waals surface area (Å²) in [6.07, 6.45) is 3.73. The minimum absolute atomic E-state index is 0.0318. The van der Waals surface area contributed by atoms with E-state index < -0.39 is 0 Å². The monoisotopic (exact) mass is 436 g/mol. The molecule has 9 heteroatoms. The van der Waals surface area contributed by atoms with E-state index in [9.17, 15) is 0 Å². The van der Waals surface area contributed by atoms with Crippen LogP contribution in [0.3, 0.4) is 0 Å². The Kier molecular flexibility index (Phi) is 6.59. The predicted octanol–water partition coefficient (Wildman–Crippen LogP) is 4.81. The minimum Gasteiger partial charge on any atom is -0.356 e. The number of hydrogen-bond acceptors (Lipinski definition) is 3. The normalized spacial score (nSPS) is 12.0. The maximum absolute atomic E-state index is 6.23. The van der Waals surface area contributed by atoms with Crippen molar-refractivity contribution in [1.82, 2.24) is 24.9 Å². The molecule has 0 aliphatic heterocycles. The van der Waals surface area contributed by atoms with Gasteiger partial charge in [-0.3, -0.25) is 9.36 Å². The van der Waals surface area contributed by atoms with Crippen molar-refractivity contribution < 1.29 is 0 Å². The van der Waals surface area contributed by atoms with Gasteiger partial charge >= 0.3 is 0 Å². The van der Waals surface area contributed by atoms with Crippen LogP contribution in [0.1, 0.15) is 36.7 Å². The average Bonchev–Trinajstić information content (AvgIpc) is 3.24. The molecule has 0 amide bonds. The Balaban J connectivity index is 1.61. The van der Waals surface area contributed by atoms with Crippen LogP contribution in [0.2, 0.25) is 10.0 Å². The third-order valence-electron chi connectivity index (χ3n) is 4.52. The molecule has 148 valence electrons. The van der Waals surface area contributed by atoms with E-state index in [2.05, 4.69) is 41.6 Å². The predicted molar refractivity (Wildman–Crippen MR) is 118 cm³/mol. The molecular formula is C19H22Cl2N6S. The summed E-state index contributed by atoms with van der Waals surface area (Å²) in [6.45, 7) is 7.50. The summed E-state index contributed by atoms with van der Waals surface area (Å²) in [4.78, 5) is 0. The molecule has 2 aromatic heterocycles. The van der Waals surface area contributed by atoms with Gasteiger partial charge in [-0.05, 0) is 45.1 Å². The molecule has 0 aliphatic carbocycles. The van der Waals surface area contributed by atoms with Crippen LogP contribution in [-0.4, -0.2) is 24.7 Å². The van der Waals surface area contributed by atoms with E-state index in [0.29, 0.717) is 27.5 Å². The fourth-order valence-corrected chi connectivity index (χ4v) is 3.79. The van der Waals surface area contributed by atoms with Gasteiger partial charge in [0.25, 0.3) is 0 Å². The summed E-state index contributed by atoms with van der Waals surface area (Å²) in [5.41, 5.74) is 3.08. The van der Waals surface area contributed by atoms with E-state index >= 15 is 0 Å². The topological polar surface area (TPSA) is 59.7 Å². The van der Waals surface area contributed by atoms with E-state index in [4.69, 9.17) is 35.4 Å². The lowest BCUT2D eigenvalue weighted by Crippen LogP contribution is -2.31. The lowest BCUT2D eigenvalue weighted by molar-refractivity contribution is 0.632. The molecule has 0 aliphatic rings. The number of benzene rings is 1. The summed E-state index contributed by atoms with van der Waals surface area (Å²) < 4.78 is 3.72. The molecule has 3 aromatic rings. The number of halogens is 2. The number of aromatic nitrogens is 4. The number of thiocarbonyl (C=S) groups is 1. The van der Waals surface area contributed by atoms with Crippen LogP contribution in [0.5, 0.6) is 0 Å². The quantitative estimate of drug-likeness (QED) is 0.542. The highest BCUT2D eigenvalue weighted by atomic mass is 35.5. The van der Waals surface area contributed by atoms with Crippen molar-refractivity contribution in [3.63, 3.8) is 0 Å². The van der Waals surface area contributed by atoms with Crippen LogP contribution in [0.15, 0.2) is 36.7 Å². The molecule has 0 bridgehead atoms. The van der Waals surface area contributed by atoms with Crippen LogP contribution in [0.4, 0.5) is 5.82 Å². The van der Waals surface area contributed by atoms with Gasteiger partial charge in [0.15, 0.2) is 10.9 Å². The second-order valence-electron chi connectivity index (χ2n) is 6.42. The van der Waals surface area contributed by atoms with Gasteiger partial charge in [0.1, 0.15) is 0 Å². The van der Waals surface area contributed by atoms with Crippen LogP contribution < -0.4 is 10.6 Å². The highest BCUT2D eigenvalue weighted by Gasteiger charge is 2.14. The molecule has 2 N–H and O–H groups in total. The van der Waals surface area contributed by atoms with E-state index in [1.165, 1.54) is 0 Å². The van der Waals surface area contributed by atoms with Gasteiger partial charge in [-0.25, -0.2) is 0 Å². The number of rotatable bonds is 6. The van der Waals surface area contributed by atoms with E-state index in [1.807, 2.05) is 41.3 Å². The van der Waals surface area contributed by atoms with Crippen molar-refractivity contribution in [2.45, 2.75) is 39.9 Å². The Bertz CT molecular complexity index is 960. The third kappa shape index (κ3) is 4.66. The fraction of sp³-hybridized carbons (Fsp3) is 0.316. The zero-order valence-corrected chi connectivity index (χ0v) is 18.2. The molecule has 0 saturated heterocycles. The smallest absolute Gasteiger partial charge is 0.172 e. The van der Waals surface area contributed by atoms with E-state index in [0.717, 1.165) is 23.4 Å². The molecule has 0 radical (unpaired) electrons. The minimum atomic E-state index is 0.0318. The highest BCUT2D eigenvalue weighted by molar-refractivity contribution is 7.80. The molecule has 0 fully saturated rings. The van der Waals surface area contributed by atoms with E-state index in [1.54, 1.807) is 4.68 Å². The van der Waals surface area contributed by atoms with Crippen LogP contribution >= 0.6 is 35.4 Å². The van der Waals surface area contributed by atoms with Gasteiger partial charge in [0.2, 0.25) is 0 Å². The van der Waals surface area contributed by atoms with Crippen molar-refractivity contribution in [1.29, 1.82) is 0 Å². The standard InChI is InChI=1S/C19H22Cl2N6S/c1-4-27-13(3)14(10-22-27)12(2)23-19(28)24-18-8-9-26(25-18)11-15-16(20)6-5-7-17(15)21/h5-10,12H,4,11H2,1-3H3,(H2,23,24,25,28). The van der Waals surface area contributed by atoms with Gasteiger partial charge in [-0.1, -0.05) is 29.3 Å². The molecular weight excluding hydrogens is 415 g/mol. The second-order valence-corrected chi connectivity index (χ2v) is 7.64. The first kappa shape index (κ1) is 20.6. The summed E-state index contributed by atoms with van der Waals surface area (Å²) in [7, 11) is 0. The van der Waals surface area contributed by atoms with Crippen molar-refractivity contribution in [2.24, 2.45) is 0 Å². The Morgan fingerprint density at radius 1 is 1.25 bits per heavy atom. The van der Waals surface area contributed by atoms with Gasteiger partial charge in [-0.15, -0.1) is 0 Å². The molecule has 0 saturated carbocycles. The zero-order chi connectivity index (χ0) is 20.3. The van der Waals surface area contributed by atoms with Gasteiger partial charge in [0, 0.05) is 45.7 Å². The van der Waals surface area contributed by atoms with Crippen molar-refractivity contribution in [2.75, 3.05) is 5.32 Å². The lowest BCUT2D eigenvalue weighted by atomic mass is 10.1. The largest absolute Gasteiger partial charge is 0.356 e. The van der Waals surface area contributed by atoms with Gasteiger partial charge in [-0.2, -0.15) is 10.2 Å². The number of aryl methyl sites for hydroxylation is 1. The molecule has 1 unspecified atom stereocenters. The summed E-state index contributed by atoms with van der Waals surface area (Å²) in [6, 6.07) is 7.33.